The molecule has 0 aliphatic carbocycles. The van der Waals surface area contributed by atoms with E-state index in [0.29, 0.717) is 24.1 Å². The molecular weight excluding hydrogens is 356 g/mol. The molecule has 1 N–H and O–H groups in total. The SMILES string of the molecule is Cc1cccc(NC(=O)C2CCCN(c3ncccc3-c3nc(C)no3)C2)n1. The monoisotopic (exact) mass is 378 g/mol. The number of carbonyl (C=O) groups excluding carboxylic acids is 1. The van der Waals surface area contributed by atoms with Crippen LogP contribution in [0.3, 0.4) is 0 Å². The quantitative estimate of drug-likeness (QED) is 0.745. The molecule has 28 heavy (non-hydrogen) atoms. The van der Waals surface area contributed by atoms with E-state index in [2.05, 4.69) is 30.3 Å². The average Bonchev–Trinajstić information content (AvgIpc) is 3.14. The molecule has 1 amide bonds. The van der Waals surface area contributed by atoms with Crippen LogP contribution >= 0.6 is 0 Å². The molecule has 1 saturated heterocycles. The van der Waals surface area contributed by atoms with Crippen LogP contribution in [0.15, 0.2) is 41.1 Å². The first-order valence-corrected chi connectivity index (χ1v) is 9.35. The van der Waals surface area contributed by atoms with Gasteiger partial charge in [0.05, 0.1) is 11.5 Å². The van der Waals surface area contributed by atoms with Crippen molar-refractivity contribution in [3.8, 4) is 11.5 Å². The summed E-state index contributed by atoms with van der Waals surface area (Å²) in [6.45, 7) is 5.09. The van der Waals surface area contributed by atoms with Gasteiger partial charge in [-0.05, 0) is 51.0 Å². The summed E-state index contributed by atoms with van der Waals surface area (Å²) in [5, 5.41) is 6.81. The summed E-state index contributed by atoms with van der Waals surface area (Å²) in [5.41, 5.74) is 1.65. The second-order valence-corrected chi connectivity index (χ2v) is 6.96. The maximum Gasteiger partial charge on any atom is 0.261 e. The second-order valence-electron chi connectivity index (χ2n) is 6.96. The molecule has 8 heteroatoms. The Kier molecular flexibility index (Phi) is 5.01. The Bertz CT molecular complexity index is 986. The van der Waals surface area contributed by atoms with Gasteiger partial charge < -0.3 is 14.7 Å². The lowest BCUT2D eigenvalue weighted by molar-refractivity contribution is -0.120. The number of hydrogen-bond donors (Lipinski definition) is 1. The predicted octanol–water partition coefficient (Wildman–Crippen LogP) is 3.00. The molecule has 4 heterocycles. The first kappa shape index (κ1) is 18.1. The molecule has 0 saturated carbocycles. The standard InChI is InChI=1S/C20H22N6O2/c1-13-6-3-9-17(22-13)24-19(27)15-7-5-11-26(12-15)18-16(8-4-10-21-18)20-23-14(2)25-28-20/h3-4,6,8-10,15H,5,7,11-12H2,1-2H3,(H,22,24,27). The molecule has 0 radical (unpaired) electrons. The Morgan fingerprint density at radius 3 is 2.89 bits per heavy atom. The number of anilines is 2. The first-order chi connectivity index (χ1) is 13.6. The highest BCUT2D eigenvalue weighted by Gasteiger charge is 2.29. The Balaban J connectivity index is 1.52. The molecule has 0 bridgehead atoms. The number of nitrogens with zero attached hydrogens (tertiary/aromatic N) is 5. The number of hydrogen-bond acceptors (Lipinski definition) is 7. The van der Waals surface area contributed by atoms with Gasteiger partial charge in [-0.3, -0.25) is 4.79 Å². The summed E-state index contributed by atoms with van der Waals surface area (Å²) < 4.78 is 5.33. The van der Waals surface area contributed by atoms with E-state index < -0.39 is 0 Å². The van der Waals surface area contributed by atoms with Crippen molar-refractivity contribution < 1.29 is 9.32 Å². The lowest BCUT2D eigenvalue weighted by Gasteiger charge is -2.33. The maximum absolute atomic E-state index is 12.8. The van der Waals surface area contributed by atoms with Crippen molar-refractivity contribution in [3.05, 3.63) is 48.0 Å². The summed E-state index contributed by atoms with van der Waals surface area (Å²) >= 11 is 0. The molecular formula is C20H22N6O2. The highest BCUT2D eigenvalue weighted by Crippen LogP contribution is 2.31. The number of amides is 1. The molecule has 3 aromatic rings. The molecule has 1 atom stereocenters. The Morgan fingerprint density at radius 1 is 1.21 bits per heavy atom. The van der Waals surface area contributed by atoms with E-state index in [0.717, 1.165) is 36.5 Å². The second kappa shape index (κ2) is 7.75. The van der Waals surface area contributed by atoms with Gasteiger partial charge >= 0.3 is 0 Å². The van der Waals surface area contributed by atoms with Crippen LogP contribution in [0.25, 0.3) is 11.5 Å². The summed E-state index contributed by atoms with van der Waals surface area (Å²) in [6.07, 6.45) is 3.47. The lowest BCUT2D eigenvalue weighted by atomic mass is 9.96. The molecule has 1 unspecified atom stereocenters. The molecule has 1 fully saturated rings. The van der Waals surface area contributed by atoms with Crippen molar-refractivity contribution >= 4 is 17.5 Å². The number of pyridine rings is 2. The largest absolute Gasteiger partial charge is 0.355 e. The van der Waals surface area contributed by atoms with E-state index in [9.17, 15) is 4.79 Å². The van der Waals surface area contributed by atoms with E-state index in [1.54, 1.807) is 19.2 Å². The van der Waals surface area contributed by atoms with Gasteiger partial charge in [-0.2, -0.15) is 4.98 Å². The number of aryl methyl sites for hydroxylation is 2. The van der Waals surface area contributed by atoms with Crippen LogP contribution in [-0.4, -0.2) is 39.1 Å². The van der Waals surface area contributed by atoms with Gasteiger partial charge in [0.15, 0.2) is 5.82 Å². The van der Waals surface area contributed by atoms with E-state index in [1.165, 1.54) is 0 Å². The van der Waals surface area contributed by atoms with Gasteiger partial charge in [0.25, 0.3) is 5.89 Å². The Labute approximate surface area is 163 Å². The minimum atomic E-state index is -0.143. The van der Waals surface area contributed by atoms with E-state index in [1.807, 2.05) is 31.2 Å². The van der Waals surface area contributed by atoms with Gasteiger partial charge in [-0.15, -0.1) is 0 Å². The Hall–Kier alpha value is -3.29. The van der Waals surface area contributed by atoms with E-state index in [4.69, 9.17) is 4.52 Å². The fraction of sp³-hybridized carbons (Fsp3) is 0.350. The van der Waals surface area contributed by atoms with Crippen LogP contribution in [0.5, 0.6) is 0 Å². The number of carbonyl (C=O) groups is 1. The summed E-state index contributed by atoms with van der Waals surface area (Å²) in [5.74, 6) is 2.20. The van der Waals surface area contributed by atoms with Gasteiger partial charge in [-0.25, -0.2) is 9.97 Å². The molecule has 8 nitrogen and oxygen atoms in total. The highest BCUT2D eigenvalue weighted by atomic mass is 16.5. The smallest absolute Gasteiger partial charge is 0.261 e. The van der Waals surface area contributed by atoms with Crippen LogP contribution in [0.4, 0.5) is 11.6 Å². The number of aromatic nitrogens is 4. The third-order valence-electron chi connectivity index (χ3n) is 4.78. The van der Waals surface area contributed by atoms with Crippen molar-refractivity contribution in [1.82, 2.24) is 20.1 Å². The fourth-order valence-electron chi connectivity index (χ4n) is 3.45. The van der Waals surface area contributed by atoms with Gasteiger partial charge in [0.1, 0.15) is 11.6 Å². The zero-order chi connectivity index (χ0) is 19.5. The normalized spacial score (nSPS) is 16.8. The fourth-order valence-corrected chi connectivity index (χ4v) is 3.45. The van der Waals surface area contributed by atoms with Crippen molar-refractivity contribution in [1.29, 1.82) is 0 Å². The van der Waals surface area contributed by atoms with Gasteiger partial charge in [-0.1, -0.05) is 11.2 Å². The summed E-state index contributed by atoms with van der Waals surface area (Å²) in [7, 11) is 0. The van der Waals surface area contributed by atoms with Crippen LogP contribution in [0.2, 0.25) is 0 Å². The van der Waals surface area contributed by atoms with E-state index in [-0.39, 0.29) is 11.8 Å². The molecule has 4 rings (SSSR count). The molecule has 1 aliphatic heterocycles. The zero-order valence-corrected chi connectivity index (χ0v) is 15.9. The van der Waals surface area contributed by atoms with E-state index >= 15 is 0 Å². The molecule has 0 spiro atoms. The first-order valence-electron chi connectivity index (χ1n) is 9.35. The van der Waals surface area contributed by atoms with Gasteiger partial charge in [0, 0.05) is 25.0 Å². The molecule has 3 aromatic heterocycles. The third kappa shape index (κ3) is 3.85. The lowest BCUT2D eigenvalue weighted by Crippen LogP contribution is -2.41. The topological polar surface area (TPSA) is 97.0 Å². The van der Waals surface area contributed by atoms with Crippen molar-refractivity contribution in [2.24, 2.45) is 5.92 Å². The number of rotatable bonds is 4. The third-order valence-corrected chi connectivity index (χ3v) is 4.78. The molecule has 1 aliphatic rings. The van der Waals surface area contributed by atoms with Crippen molar-refractivity contribution in [3.63, 3.8) is 0 Å². The molecule has 144 valence electrons. The van der Waals surface area contributed by atoms with Crippen molar-refractivity contribution in [2.45, 2.75) is 26.7 Å². The van der Waals surface area contributed by atoms with Crippen LogP contribution < -0.4 is 10.2 Å². The number of piperidine rings is 1. The van der Waals surface area contributed by atoms with Crippen LogP contribution in [-0.2, 0) is 4.79 Å². The van der Waals surface area contributed by atoms with Crippen LogP contribution in [0.1, 0.15) is 24.4 Å². The number of nitrogens with one attached hydrogen (secondary N) is 1. The molecule has 0 aromatic carbocycles. The highest BCUT2D eigenvalue weighted by molar-refractivity contribution is 5.92. The van der Waals surface area contributed by atoms with Gasteiger partial charge in [0.2, 0.25) is 5.91 Å². The average molecular weight is 378 g/mol. The van der Waals surface area contributed by atoms with Crippen molar-refractivity contribution in [2.75, 3.05) is 23.3 Å². The summed E-state index contributed by atoms with van der Waals surface area (Å²) in [4.78, 5) is 28.1. The zero-order valence-electron chi connectivity index (χ0n) is 15.9. The maximum atomic E-state index is 12.8. The minimum Gasteiger partial charge on any atom is -0.355 e. The predicted molar refractivity (Wildman–Crippen MR) is 105 cm³/mol. The minimum absolute atomic E-state index is 0.0195. The summed E-state index contributed by atoms with van der Waals surface area (Å²) in [6, 6.07) is 9.35. The Morgan fingerprint density at radius 2 is 2.11 bits per heavy atom. The van der Waals surface area contributed by atoms with Crippen LogP contribution in [0, 0.1) is 19.8 Å².